The summed E-state index contributed by atoms with van der Waals surface area (Å²) in [6, 6.07) is -2.07. The van der Waals surface area contributed by atoms with E-state index in [1.807, 2.05) is 6.92 Å². The third kappa shape index (κ3) is 6.20. The quantitative estimate of drug-likeness (QED) is 0.515. The van der Waals surface area contributed by atoms with Gasteiger partial charge in [0.15, 0.2) is 5.78 Å². The number of nitrogens with zero attached hydrogens (tertiary/aromatic N) is 1. The Morgan fingerprint density at radius 1 is 1.31 bits per heavy atom. The van der Waals surface area contributed by atoms with E-state index in [4.69, 9.17) is 0 Å². The summed E-state index contributed by atoms with van der Waals surface area (Å²) in [5.41, 5.74) is -0.0753. The van der Waals surface area contributed by atoms with E-state index < -0.39 is 42.7 Å². The summed E-state index contributed by atoms with van der Waals surface area (Å²) >= 11 is 0. The maximum absolute atomic E-state index is 13.1. The molecule has 1 saturated carbocycles. The molecule has 3 atom stereocenters. The molecule has 3 amide bonds. The number of unbranched alkanes of at least 4 members (excludes halogenated alkanes) is 1. The van der Waals surface area contributed by atoms with Crippen molar-refractivity contribution >= 4 is 23.5 Å². The van der Waals surface area contributed by atoms with Gasteiger partial charge in [-0.2, -0.15) is 0 Å². The van der Waals surface area contributed by atoms with Gasteiger partial charge < -0.3 is 15.5 Å². The maximum Gasteiger partial charge on any atom is 0.522 e. The Hall–Kier alpha value is -2.17. The number of hydrogen-bond donors (Lipinski definition) is 2. The van der Waals surface area contributed by atoms with Gasteiger partial charge >= 0.3 is 6.36 Å². The molecule has 8 nitrogen and oxygen atoms in total. The highest BCUT2D eigenvalue weighted by atomic mass is 19.4. The fourth-order valence-corrected chi connectivity index (χ4v) is 4.51. The van der Waals surface area contributed by atoms with Gasteiger partial charge in [-0.1, -0.05) is 13.3 Å². The molecular weight excluding hydrogens is 431 g/mol. The first kappa shape index (κ1) is 24.5. The number of amides is 3. The van der Waals surface area contributed by atoms with Crippen molar-refractivity contribution in [1.82, 2.24) is 15.5 Å². The first-order chi connectivity index (χ1) is 15.0. The standard InChI is InChI=1S/C21H30F3N3O5/c1-2-3-4-17(29)27-12-20(6-7-20)10-15(27)19(31)26-14(9-13-5-8-25-18(13)30)16(28)11-32-21(22,23)24/h13-15H,2-12H2,1H3,(H,25,30)(H,26,31)/t13-,14-,15-/m0/s1. The summed E-state index contributed by atoms with van der Waals surface area (Å²) in [7, 11) is 0. The predicted molar refractivity (Wildman–Crippen MR) is 106 cm³/mol. The molecule has 11 heteroatoms. The van der Waals surface area contributed by atoms with Crippen molar-refractivity contribution in [1.29, 1.82) is 0 Å². The van der Waals surface area contributed by atoms with E-state index in [1.54, 1.807) is 4.90 Å². The van der Waals surface area contributed by atoms with Crippen molar-refractivity contribution in [2.24, 2.45) is 11.3 Å². The van der Waals surface area contributed by atoms with Crippen molar-refractivity contribution in [2.45, 2.75) is 76.7 Å². The minimum Gasteiger partial charge on any atom is -0.356 e. The molecule has 0 unspecified atom stereocenters. The Kier molecular flexibility index (Phi) is 7.46. The molecule has 0 aromatic heterocycles. The Labute approximate surface area is 184 Å². The van der Waals surface area contributed by atoms with Gasteiger partial charge in [0.1, 0.15) is 12.6 Å². The van der Waals surface area contributed by atoms with Crippen LogP contribution < -0.4 is 10.6 Å². The Morgan fingerprint density at radius 2 is 2.03 bits per heavy atom. The molecule has 2 saturated heterocycles. The summed E-state index contributed by atoms with van der Waals surface area (Å²) in [6.45, 7) is 1.59. The topological polar surface area (TPSA) is 105 Å². The molecule has 0 aromatic carbocycles. The van der Waals surface area contributed by atoms with Gasteiger partial charge in [0.05, 0.1) is 6.04 Å². The third-order valence-corrected chi connectivity index (χ3v) is 6.60. The molecule has 0 radical (unpaired) electrons. The summed E-state index contributed by atoms with van der Waals surface area (Å²) in [4.78, 5) is 51.7. The molecule has 3 aliphatic rings. The highest BCUT2D eigenvalue weighted by Crippen LogP contribution is 2.55. The number of alkyl halides is 3. The van der Waals surface area contributed by atoms with Crippen LogP contribution in [0, 0.1) is 11.3 Å². The lowest BCUT2D eigenvalue weighted by atomic mass is 9.95. The number of Topliss-reactive ketones (excluding diaryl/α,β-unsaturated/α-hetero) is 1. The van der Waals surface area contributed by atoms with Gasteiger partial charge in [-0.15, -0.1) is 13.2 Å². The van der Waals surface area contributed by atoms with Crippen LogP contribution in [-0.2, 0) is 23.9 Å². The molecule has 2 N–H and O–H groups in total. The lowest BCUT2D eigenvalue weighted by molar-refractivity contribution is -0.321. The Bertz CT molecular complexity index is 753. The van der Waals surface area contributed by atoms with E-state index in [-0.39, 0.29) is 23.7 Å². The van der Waals surface area contributed by atoms with Gasteiger partial charge in [-0.25, -0.2) is 0 Å². The predicted octanol–water partition coefficient (Wildman–Crippen LogP) is 1.67. The lowest BCUT2D eigenvalue weighted by Gasteiger charge is -2.27. The van der Waals surface area contributed by atoms with Gasteiger partial charge in [-0.3, -0.25) is 23.9 Å². The van der Waals surface area contributed by atoms with Crippen molar-refractivity contribution in [3.8, 4) is 0 Å². The van der Waals surface area contributed by atoms with E-state index >= 15 is 0 Å². The van der Waals surface area contributed by atoms with E-state index in [2.05, 4.69) is 15.4 Å². The first-order valence-corrected chi connectivity index (χ1v) is 11.1. The largest absolute Gasteiger partial charge is 0.522 e. The number of rotatable bonds is 10. The van der Waals surface area contributed by atoms with Crippen LogP contribution in [0.5, 0.6) is 0 Å². The minimum absolute atomic E-state index is 0.0753. The number of halogens is 3. The highest BCUT2D eigenvalue weighted by molar-refractivity contribution is 5.94. The first-order valence-electron chi connectivity index (χ1n) is 11.1. The fraction of sp³-hybridized carbons (Fsp3) is 0.810. The molecule has 180 valence electrons. The molecule has 1 spiro atoms. The number of carbonyl (C=O) groups excluding carboxylic acids is 4. The molecular formula is C21H30F3N3O5. The van der Waals surface area contributed by atoms with Gasteiger partial charge in [0.2, 0.25) is 17.7 Å². The van der Waals surface area contributed by atoms with Crippen molar-refractivity contribution in [3.63, 3.8) is 0 Å². The van der Waals surface area contributed by atoms with Crippen LogP contribution in [0.4, 0.5) is 13.2 Å². The Balaban J connectivity index is 1.70. The summed E-state index contributed by atoms with van der Waals surface area (Å²) < 4.78 is 40.9. The molecule has 2 heterocycles. The highest BCUT2D eigenvalue weighted by Gasteiger charge is 2.55. The van der Waals surface area contributed by atoms with E-state index in [1.165, 1.54) is 0 Å². The lowest BCUT2D eigenvalue weighted by Crippen LogP contribution is -2.52. The average Bonchev–Trinajstić information content (AvgIpc) is 3.18. The van der Waals surface area contributed by atoms with Crippen LogP contribution in [0.15, 0.2) is 0 Å². The molecule has 3 rings (SSSR count). The second kappa shape index (κ2) is 9.76. The average molecular weight is 461 g/mol. The van der Waals surface area contributed by atoms with E-state index in [0.717, 1.165) is 19.3 Å². The molecule has 2 aliphatic heterocycles. The fourth-order valence-electron chi connectivity index (χ4n) is 4.51. The molecule has 32 heavy (non-hydrogen) atoms. The zero-order valence-corrected chi connectivity index (χ0v) is 18.1. The Morgan fingerprint density at radius 3 is 2.59 bits per heavy atom. The normalized spacial score (nSPS) is 25.0. The van der Waals surface area contributed by atoms with Gasteiger partial charge in [-0.05, 0) is 43.9 Å². The second-order valence-electron chi connectivity index (χ2n) is 9.12. The molecule has 0 bridgehead atoms. The number of ether oxygens (including phenoxy) is 1. The van der Waals surface area contributed by atoms with E-state index in [0.29, 0.717) is 38.8 Å². The zero-order valence-electron chi connectivity index (χ0n) is 18.1. The van der Waals surface area contributed by atoms with Crippen LogP contribution in [-0.4, -0.2) is 66.5 Å². The monoisotopic (exact) mass is 461 g/mol. The van der Waals surface area contributed by atoms with Crippen LogP contribution in [0.2, 0.25) is 0 Å². The van der Waals surface area contributed by atoms with Crippen molar-refractivity contribution in [3.05, 3.63) is 0 Å². The molecule has 1 aliphatic carbocycles. The molecule has 0 aromatic rings. The second-order valence-corrected chi connectivity index (χ2v) is 9.12. The number of hydrogen-bond acceptors (Lipinski definition) is 5. The number of likely N-dealkylation sites (tertiary alicyclic amines) is 1. The SMILES string of the molecule is CCCCC(=O)N1CC2(CC2)C[C@H]1C(=O)N[C@@H](C[C@@H]1CCNC1=O)C(=O)COC(F)(F)F. The van der Waals surface area contributed by atoms with Crippen LogP contribution in [0.3, 0.4) is 0 Å². The van der Waals surface area contributed by atoms with Crippen LogP contribution in [0.1, 0.15) is 58.3 Å². The summed E-state index contributed by atoms with van der Waals surface area (Å²) in [5.74, 6) is -2.55. The van der Waals surface area contributed by atoms with Crippen molar-refractivity contribution < 1.29 is 37.1 Å². The number of nitrogens with one attached hydrogen (secondary N) is 2. The van der Waals surface area contributed by atoms with E-state index in [9.17, 15) is 32.3 Å². The number of carbonyl (C=O) groups is 4. The van der Waals surface area contributed by atoms with Crippen LogP contribution in [0.25, 0.3) is 0 Å². The zero-order chi connectivity index (χ0) is 23.5. The van der Waals surface area contributed by atoms with Gasteiger partial charge in [0, 0.05) is 25.4 Å². The maximum atomic E-state index is 13.1. The summed E-state index contributed by atoms with van der Waals surface area (Å²) in [6.07, 6.45) is -0.519. The number of ketones is 1. The van der Waals surface area contributed by atoms with Gasteiger partial charge in [0.25, 0.3) is 0 Å². The van der Waals surface area contributed by atoms with Crippen molar-refractivity contribution in [2.75, 3.05) is 19.7 Å². The molecule has 3 fully saturated rings. The third-order valence-electron chi connectivity index (χ3n) is 6.60. The minimum atomic E-state index is -4.98. The van der Waals surface area contributed by atoms with Crippen LogP contribution >= 0.6 is 0 Å². The smallest absolute Gasteiger partial charge is 0.356 e. The summed E-state index contributed by atoms with van der Waals surface area (Å²) in [5, 5.41) is 5.15.